The lowest BCUT2D eigenvalue weighted by Gasteiger charge is -2.16. The first kappa shape index (κ1) is 23.8. The molecule has 1 amide bonds. The number of para-hydroxylation sites is 1. The minimum atomic E-state index is -0.462. The molecule has 3 aromatic carbocycles. The molecular formula is C25H23FN4O2S2. The van der Waals surface area contributed by atoms with E-state index in [1.54, 1.807) is 23.9 Å². The fourth-order valence-electron chi connectivity index (χ4n) is 3.26. The zero-order chi connectivity index (χ0) is 23.9. The number of halogens is 1. The van der Waals surface area contributed by atoms with Gasteiger partial charge in [-0.15, -0.1) is 22.0 Å². The van der Waals surface area contributed by atoms with Crippen LogP contribution in [0.2, 0.25) is 0 Å². The second-order valence-electron chi connectivity index (χ2n) is 7.29. The van der Waals surface area contributed by atoms with Gasteiger partial charge in [0.2, 0.25) is 5.91 Å². The van der Waals surface area contributed by atoms with Crippen molar-refractivity contribution in [3.05, 3.63) is 90.5 Å². The monoisotopic (exact) mass is 494 g/mol. The second kappa shape index (κ2) is 11.2. The molecule has 4 rings (SSSR count). The molecule has 1 aromatic heterocycles. The predicted molar refractivity (Wildman–Crippen MR) is 134 cm³/mol. The van der Waals surface area contributed by atoms with Crippen molar-refractivity contribution in [1.29, 1.82) is 0 Å². The molecule has 0 radical (unpaired) electrons. The maximum absolute atomic E-state index is 13.2. The molecule has 0 aliphatic rings. The molecule has 1 heterocycles. The van der Waals surface area contributed by atoms with Crippen molar-refractivity contribution in [3.63, 3.8) is 0 Å². The van der Waals surface area contributed by atoms with Gasteiger partial charge in [-0.2, -0.15) is 0 Å². The third-order valence-corrected chi connectivity index (χ3v) is 6.50. The van der Waals surface area contributed by atoms with Crippen molar-refractivity contribution in [2.24, 2.45) is 0 Å². The summed E-state index contributed by atoms with van der Waals surface area (Å²) in [5.74, 6) is 0.804. The standard InChI is InChI=1S/C25H23FN4O2S2/c1-17(32-21-13-11-18(26)12-14-21)24-28-29-25(30(24)20-8-4-3-5-9-20)34-16-23(31)27-19-7-6-10-22(15-19)33-2/h3-15,17H,16H2,1-2H3,(H,27,31). The Hall–Kier alpha value is -3.30. The molecule has 1 unspecified atom stereocenters. The number of nitrogens with zero attached hydrogens (tertiary/aromatic N) is 3. The van der Waals surface area contributed by atoms with Gasteiger partial charge >= 0.3 is 0 Å². The Bertz CT molecular complexity index is 1250. The van der Waals surface area contributed by atoms with Crippen LogP contribution < -0.4 is 10.1 Å². The van der Waals surface area contributed by atoms with E-state index in [9.17, 15) is 9.18 Å². The van der Waals surface area contributed by atoms with Crippen LogP contribution in [0.1, 0.15) is 18.9 Å². The van der Waals surface area contributed by atoms with Crippen LogP contribution in [-0.4, -0.2) is 32.7 Å². The minimum Gasteiger partial charge on any atom is -0.483 e. The topological polar surface area (TPSA) is 69.0 Å². The first-order valence-electron chi connectivity index (χ1n) is 10.5. The van der Waals surface area contributed by atoms with Crippen LogP contribution in [0.15, 0.2) is 88.9 Å². The maximum atomic E-state index is 13.2. The van der Waals surface area contributed by atoms with Gasteiger partial charge in [0.05, 0.1) is 5.75 Å². The van der Waals surface area contributed by atoms with E-state index in [0.29, 0.717) is 16.7 Å². The highest BCUT2D eigenvalue weighted by atomic mass is 32.2. The van der Waals surface area contributed by atoms with Gasteiger partial charge < -0.3 is 10.1 Å². The first-order chi connectivity index (χ1) is 16.5. The Labute approximate surface area is 205 Å². The Morgan fingerprint density at radius 3 is 2.56 bits per heavy atom. The lowest BCUT2D eigenvalue weighted by molar-refractivity contribution is -0.113. The summed E-state index contributed by atoms with van der Waals surface area (Å²) in [6.07, 6.45) is 1.53. The van der Waals surface area contributed by atoms with Crippen molar-refractivity contribution < 1.29 is 13.9 Å². The number of aromatic nitrogens is 3. The average Bonchev–Trinajstić information content (AvgIpc) is 3.29. The van der Waals surface area contributed by atoms with Crippen LogP contribution in [0.4, 0.5) is 10.1 Å². The summed E-state index contributed by atoms with van der Waals surface area (Å²) in [5, 5.41) is 12.2. The molecule has 1 N–H and O–H groups in total. The second-order valence-corrected chi connectivity index (χ2v) is 9.12. The number of carbonyl (C=O) groups is 1. The molecule has 0 fully saturated rings. The van der Waals surface area contributed by atoms with Crippen molar-refractivity contribution in [2.45, 2.75) is 23.1 Å². The summed E-state index contributed by atoms with van der Waals surface area (Å²) in [7, 11) is 0. The summed E-state index contributed by atoms with van der Waals surface area (Å²) in [6, 6.07) is 23.2. The number of rotatable bonds is 9. The lowest BCUT2D eigenvalue weighted by Crippen LogP contribution is -2.15. The third kappa shape index (κ3) is 5.98. The number of thioether (sulfide) groups is 2. The van der Waals surface area contributed by atoms with Crippen molar-refractivity contribution >= 4 is 35.1 Å². The Morgan fingerprint density at radius 1 is 1.06 bits per heavy atom. The Kier molecular flexibility index (Phi) is 7.87. The number of anilines is 1. The van der Waals surface area contributed by atoms with Gasteiger partial charge in [-0.1, -0.05) is 36.0 Å². The SMILES string of the molecule is CSc1cccc(NC(=O)CSc2nnc(C(C)Oc3ccc(F)cc3)n2-c2ccccc2)c1. The van der Waals surface area contributed by atoms with E-state index < -0.39 is 6.10 Å². The van der Waals surface area contributed by atoms with Crippen molar-refractivity contribution in [1.82, 2.24) is 14.8 Å². The van der Waals surface area contributed by atoms with Gasteiger partial charge in [-0.3, -0.25) is 9.36 Å². The predicted octanol–water partition coefficient (Wildman–Crippen LogP) is 6.00. The average molecular weight is 495 g/mol. The molecule has 0 aliphatic carbocycles. The summed E-state index contributed by atoms with van der Waals surface area (Å²) in [4.78, 5) is 13.7. The van der Waals surface area contributed by atoms with Gasteiger partial charge in [-0.25, -0.2) is 4.39 Å². The van der Waals surface area contributed by atoms with Crippen LogP contribution in [0.5, 0.6) is 5.75 Å². The van der Waals surface area contributed by atoms with Crippen LogP contribution in [0.25, 0.3) is 5.69 Å². The zero-order valence-electron chi connectivity index (χ0n) is 18.6. The molecule has 0 spiro atoms. The Morgan fingerprint density at radius 2 is 1.82 bits per heavy atom. The van der Waals surface area contributed by atoms with Gasteiger partial charge in [0.25, 0.3) is 0 Å². The highest BCUT2D eigenvalue weighted by Gasteiger charge is 2.21. The van der Waals surface area contributed by atoms with Gasteiger partial charge in [-0.05, 0) is 67.8 Å². The van der Waals surface area contributed by atoms with Crippen LogP contribution in [-0.2, 0) is 4.79 Å². The number of benzene rings is 3. The van der Waals surface area contributed by atoms with Crippen molar-refractivity contribution in [2.75, 3.05) is 17.3 Å². The quantitative estimate of drug-likeness (QED) is 0.288. The highest BCUT2D eigenvalue weighted by molar-refractivity contribution is 7.99. The van der Waals surface area contributed by atoms with E-state index in [4.69, 9.17) is 4.74 Å². The number of ether oxygens (including phenoxy) is 1. The summed E-state index contributed by atoms with van der Waals surface area (Å²) < 4.78 is 21.1. The van der Waals surface area contributed by atoms with E-state index in [2.05, 4.69) is 15.5 Å². The van der Waals surface area contributed by atoms with Gasteiger partial charge in [0.1, 0.15) is 11.6 Å². The van der Waals surface area contributed by atoms with Crippen LogP contribution >= 0.6 is 23.5 Å². The number of hydrogen-bond acceptors (Lipinski definition) is 6. The van der Waals surface area contributed by atoms with Gasteiger partial charge in [0, 0.05) is 16.3 Å². The molecule has 0 saturated carbocycles. The van der Waals surface area contributed by atoms with Crippen molar-refractivity contribution in [3.8, 4) is 11.4 Å². The number of carbonyl (C=O) groups excluding carboxylic acids is 1. The number of amides is 1. The Balaban J connectivity index is 1.52. The maximum Gasteiger partial charge on any atom is 0.234 e. The zero-order valence-corrected chi connectivity index (χ0v) is 20.3. The van der Waals surface area contributed by atoms with E-state index >= 15 is 0 Å². The summed E-state index contributed by atoms with van der Waals surface area (Å²) in [6.45, 7) is 1.85. The van der Waals surface area contributed by atoms with E-state index in [0.717, 1.165) is 16.3 Å². The largest absolute Gasteiger partial charge is 0.483 e. The molecular weight excluding hydrogens is 471 g/mol. The molecule has 6 nitrogen and oxygen atoms in total. The smallest absolute Gasteiger partial charge is 0.234 e. The highest BCUT2D eigenvalue weighted by Crippen LogP contribution is 2.28. The molecule has 9 heteroatoms. The number of hydrogen-bond donors (Lipinski definition) is 1. The van der Waals surface area contributed by atoms with Crippen LogP contribution in [0.3, 0.4) is 0 Å². The molecule has 0 aliphatic heterocycles. The lowest BCUT2D eigenvalue weighted by atomic mass is 10.3. The third-order valence-electron chi connectivity index (χ3n) is 4.85. The first-order valence-corrected chi connectivity index (χ1v) is 12.7. The van der Waals surface area contributed by atoms with Crippen LogP contribution in [0, 0.1) is 5.82 Å². The van der Waals surface area contributed by atoms with E-state index in [1.165, 1.54) is 23.9 Å². The summed E-state index contributed by atoms with van der Waals surface area (Å²) in [5.41, 5.74) is 1.61. The minimum absolute atomic E-state index is 0.136. The molecule has 4 aromatic rings. The number of nitrogens with one attached hydrogen (secondary N) is 1. The molecule has 0 saturated heterocycles. The fraction of sp³-hybridized carbons (Fsp3) is 0.160. The molecule has 1 atom stereocenters. The van der Waals surface area contributed by atoms with E-state index in [1.807, 2.05) is 72.3 Å². The fourth-order valence-corrected chi connectivity index (χ4v) is 4.47. The van der Waals surface area contributed by atoms with Gasteiger partial charge in [0.15, 0.2) is 17.1 Å². The summed E-state index contributed by atoms with van der Waals surface area (Å²) >= 11 is 2.91. The molecule has 174 valence electrons. The molecule has 0 bridgehead atoms. The van der Waals surface area contributed by atoms with E-state index in [-0.39, 0.29) is 17.5 Å². The normalized spacial score (nSPS) is 11.7. The molecule has 34 heavy (non-hydrogen) atoms.